The van der Waals surface area contributed by atoms with Gasteiger partial charge in [0.05, 0.1) is 6.04 Å². The first kappa shape index (κ1) is 15.9. The van der Waals surface area contributed by atoms with Crippen molar-refractivity contribution in [2.24, 2.45) is 0 Å². The number of aromatic nitrogens is 1. The fourth-order valence-corrected chi connectivity index (χ4v) is 2.39. The molecule has 3 N–H and O–H groups in total. The highest BCUT2D eigenvalue weighted by molar-refractivity contribution is 5.47. The van der Waals surface area contributed by atoms with Gasteiger partial charge in [-0.2, -0.15) is 0 Å². The zero-order valence-corrected chi connectivity index (χ0v) is 12.9. The number of hydrogen-bond donors (Lipinski definition) is 2. The smallest absolute Gasteiger partial charge is 0.0540 e. The van der Waals surface area contributed by atoms with Gasteiger partial charge in [-0.1, -0.05) is 13.8 Å². The number of nitrogens with two attached hydrogens (primary N) is 1. The van der Waals surface area contributed by atoms with Crippen molar-refractivity contribution in [3.8, 4) is 0 Å². The van der Waals surface area contributed by atoms with E-state index in [2.05, 4.69) is 50.1 Å². The van der Waals surface area contributed by atoms with E-state index in [4.69, 9.17) is 5.73 Å². The summed E-state index contributed by atoms with van der Waals surface area (Å²) in [6.07, 6.45) is 5.77. The third-order valence-electron chi connectivity index (χ3n) is 4.16. The molecule has 0 aliphatic heterocycles. The molecule has 0 bridgehead atoms. The number of anilines is 1. The number of likely N-dealkylation sites (N-methyl/N-ethyl adjacent to an activating group) is 1. The van der Waals surface area contributed by atoms with Crippen LogP contribution in [0.2, 0.25) is 0 Å². The van der Waals surface area contributed by atoms with Crippen molar-refractivity contribution in [3.05, 3.63) is 24.0 Å². The zero-order valence-electron chi connectivity index (χ0n) is 12.9. The standard InChI is InChI=1S/C15H28N4/c1-6-9-18-14(15(3,7-2)19(4)5)12-11-17-10-8-13(12)16/h8,10-11,14,18H,6-7,9H2,1-5H3,(H2,16,17). The number of nitrogens with zero attached hydrogens (tertiary/aromatic N) is 2. The summed E-state index contributed by atoms with van der Waals surface area (Å²) in [5, 5.41) is 3.64. The van der Waals surface area contributed by atoms with Crippen LogP contribution in [-0.2, 0) is 0 Å². The Morgan fingerprint density at radius 2 is 2.11 bits per heavy atom. The van der Waals surface area contributed by atoms with Gasteiger partial charge in [-0.25, -0.2) is 0 Å². The molecule has 2 atom stereocenters. The van der Waals surface area contributed by atoms with E-state index in [0.717, 1.165) is 30.6 Å². The molecular weight excluding hydrogens is 236 g/mol. The summed E-state index contributed by atoms with van der Waals surface area (Å²) in [5.74, 6) is 0. The Kier molecular flexibility index (Phi) is 5.76. The first-order valence-electron chi connectivity index (χ1n) is 7.07. The largest absolute Gasteiger partial charge is 0.398 e. The third-order valence-corrected chi connectivity index (χ3v) is 4.16. The second-order valence-electron chi connectivity index (χ2n) is 5.50. The minimum atomic E-state index is 0.00627. The molecule has 2 unspecified atom stereocenters. The molecule has 0 saturated carbocycles. The summed E-state index contributed by atoms with van der Waals surface area (Å²) in [4.78, 5) is 6.51. The van der Waals surface area contributed by atoms with E-state index in [-0.39, 0.29) is 11.6 Å². The Hall–Kier alpha value is -1.13. The Labute approximate surface area is 117 Å². The molecule has 1 aromatic heterocycles. The lowest BCUT2D eigenvalue weighted by atomic mass is 9.83. The lowest BCUT2D eigenvalue weighted by Crippen LogP contribution is -2.51. The first-order valence-corrected chi connectivity index (χ1v) is 7.07. The van der Waals surface area contributed by atoms with Gasteiger partial charge in [-0.3, -0.25) is 4.98 Å². The topological polar surface area (TPSA) is 54.2 Å². The van der Waals surface area contributed by atoms with Crippen LogP contribution in [0.25, 0.3) is 0 Å². The second-order valence-corrected chi connectivity index (χ2v) is 5.50. The van der Waals surface area contributed by atoms with Crippen LogP contribution in [0.15, 0.2) is 18.5 Å². The average Bonchev–Trinajstić information content (AvgIpc) is 2.40. The molecule has 0 spiro atoms. The normalized spacial score (nSPS) is 16.3. The SMILES string of the molecule is CCCNC(c1cnccc1N)C(C)(CC)N(C)C. The summed E-state index contributed by atoms with van der Waals surface area (Å²) >= 11 is 0. The van der Waals surface area contributed by atoms with E-state index >= 15 is 0 Å². The molecule has 1 rings (SSSR count). The molecule has 0 amide bonds. The lowest BCUT2D eigenvalue weighted by Gasteiger charge is -2.43. The van der Waals surface area contributed by atoms with Gasteiger partial charge >= 0.3 is 0 Å². The lowest BCUT2D eigenvalue weighted by molar-refractivity contribution is 0.113. The molecule has 0 aliphatic rings. The molecule has 108 valence electrons. The fraction of sp³-hybridized carbons (Fsp3) is 0.667. The maximum Gasteiger partial charge on any atom is 0.0540 e. The van der Waals surface area contributed by atoms with Crippen LogP contribution in [-0.4, -0.2) is 36.1 Å². The minimum Gasteiger partial charge on any atom is -0.398 e. The molecule has 1 aromatic rings. The third kappa shape index (κ3) is 3.45. The minimum absolute atomic E-state index is 0.00627. The van der Waals surface area contributed by atoms with Gasteiger partial charge in [-0.05, 0) is 46.5 Å². The van der Waals surface area contributed by atoms with Gasteiger partial charge in [0.25, 0.3) is 0 Å². The van der Waals surface area contributed by atoms with E-state index in [1.54, 1.807) is 6.20 Å². The van der Waals surface area contributed by atoms with Gasteiger partial charge in [0.2, 0.25) is 0 Å². The first-order chi connectivity index (χ1) is 8.97. The van der Waals surface area contributed by atoms with Crippen molar-refractivity contribution in [2.45, 2.75) is 45.2 Å². The molecule has 0 aromatic carbocycles. The summed E-state index contributed by atoms with van der Waals surface area (Å²) in [6, 6.07) is 2.06. The van der Waals surface area contributed by atoms with Crippen LogP contribution in [0.3, 0.4) is 0 Å². The summed E-state index contributed by atoms with van der Waals surface area (Å²) in [5.41, 5.74) is 8.05. The van der Waals surface area contributed by atoms with Crippen molar-refractivity contribution in [1.29, 1.82) is 0 Å². The van der Waals surface area contributed by atoms with E-state index in [9.17, 15) is 0 Å². The van der Waals surface area contributed by atoms with Crippen molar-refractivity contribution in [2.75, 3.05) is 26.4 Å². The predicted octanol–water partition coefficient (Wildman–Crippen LogP) is 2.43. The molecule has 1 heterocycles. The molecule has 0 saturated heterocycles. The van der Waals surface area contributed by atoms with E-state index in [1.807, 2.05) is 12.3 Å². The van der Waals surface area contributed by atoms with Gasteiger partial charge in [-0.15, -0.1) is 0 Å². The van der Waals surface area contributed by atoms with Gasteiger partial charge in [0, 0.05) is 29.2 Å². The average molecular weight is 264 g/mol. The Morgan fingerprint density at radius 3 is 2.58 bits per heavy atom. The Morgan fingerprint density at radius 1 is 1.42 bits per heavy atom. The van der Waals surface area contributed by atoms with Crippen LogP contribution >= 0.6 is 0 Å². The molecule has 19 heavy (non-hydrogen) atoms. The van der Waals surface area contributed by atoms with Crippen molar-refractivity contribution >= 4 is 5.69 Å². The van der Waals surface area contributed by atoms with Gasteiger partial charge < -0.3 is 16.0 Å². The quantitative estimate of drug-likeness (QED) is 0.794. The maximum atomic E-state index is 6.15. The summed E-state index contributed by atoms with van der Waals surface area (Å²) in [6.45, 7) is 7.64. The number of pyridine rings is 1. The Balaban J connectivity index is 3.17. The molecule has 0 radical (unpaired) electrons. The van der Waals surface area contributed by atoms with E-state index in [0.29, 0.717) is 0 Å². The zero-order chi connectivity index (χ0) is 14.5. The van der Waals surface area contributed by atoms with E-state index in [1.165, 1.54) is 0 Å². The number of nitrogen functional groups attached to an aromatic ring is 1. The number of hydrogen-bond acceptors (Lipinski definition) is 4. The highest BCUT2D eigenvalue weighted by Gasteiger charge is 2.36. The van der Waals surface area contributed by atoms with E-state index < -0.39 is 0 Å². The molecule has 4 heteroatoms. The van der Waals surface area contributed by atoms with Crippen molar-refractivity contribution < 1.29 is 0 Å². The number of nitrogens with one attached hydrogen (secondary N) is 1. The highest BCUT2D eigenvalue weighted by atomic mass is 15.2. The summed E-state index contributed by atoms with van der Waals surface area (Å²) < 4.78 is 0. The molecule has 0 fully saturated rings. The van der Waals surface area contributed by atoms with Crippen molar-refractivity contribution in [1.82, 2.24) is 15.2 Å². The molecular formula is C15H28N4. The van der Waals surface area contributed by atoms with Crippen LogP contribution < -0.4 is 11.1 Å². The monoisotopic (exact) mass is 264 g/mol. The molecule has 0 aliphatic carbocycles. The second kappa shape index (κ2) is 6.87. The van der Waals surface area contributed by atoms with Gasteiger partial charge in [0.15, 0.2) is 0 Å². The molecule has 4 nitrogen and oxygen atoms in total. The summed E-state index contributed by atoms with van der Waals surface area (Å²) in [7, 11) is 4.24. The van der Waals surface area contributed by atoms with Crippen LogP contribution in [0.4, 0.5) is 5.69 Å². The predicted molar refractivity (Wildman–Crippen MR) is 82.1 cm³/mol. The van der Waals surface area contributed by atoms with Gasteiger partial charge in [0.1, 0.15) is 0 Å². The van der Waals surface area contributed by atoms with Crippen LogP contribution in [0, 0.1) is 0 Å². The highest BCUT2D eigenvalue weighted by Crippen LogP contribution is 2.34. The van der Waals surface area contributed by atoms with Crippen LogP contribution in [0.5, 0.6) is 0 Å². The van der Waals surface area contributed by atoms with Crippen LogP contribution in [0.1, 0.15) is 45.2 Å². The Bertz CT molecular complexity index is 391. The number of rotatable bonds is 7. The van der Waals surface area contributed by atoms with Crippen molar-refractivity contribution in [3.63, 3.8) is 0 Å². The fourth-order valence-electron chi connectivity index (χ4n) is 2.39. The maximum absolute atomic E-state index is 6.15.